The van der Waals surface area contributed by atoms with E-state index < -0.39 is 16.0 Å². The highest BCUT2D eigenvalue weighted by Crippen LogP contribution is 2.51. The van der Waals surface area contributed by atoms with E-state index in [1.54, 1.807) is 18.2 Å². The summed E-state index contributed by atoms with van der Waals surface area (Å²) >= 11 is 5.78. The van der Waals surface area contributed by atoms with E-state index in [0.29, 0.717) is 32.8 Å². The molecule has 1 heterocycles. The minimum Gasteiger partial charge on any atom is -0.118 e. The van der Waals surface area contributed by atoms with Crippen molar-refractivity contribution >= 4 is 32.2 Å². The Bertz CT molecular complexity index is 542. The molecule has 1 aromatic heterocycles. The number of hydrogen-bond donors (Lipinski definition) is 0. The average Bonchev–Trinajstić information content (AvgIpc) is 2.54. The van der Waals surface area contributed by atoms with Gasteiger partial charge in [-0.1, -0.05) is 18.5 Å². The zero-order valence-electron chi connectivity index (χ0n) is 9.14. The largest absolute Gasteiger partial charge is 0.600 e. The second-order valence-corrected chi connectivity index (χ2v) is 6.27. The van der Waals surface area contributed by atoms with E-state index in [-0.39, 0.29) is 0 Å². The number of alkyl halides is 3. The molecule has 2 aromatic rings. The van der Waals surface area contributed by atoms with Crippen LogP contribution in [0.3, 0.4) is 0 Å². The summed E-state index contributed by atoms with van der Waals surface area (Å²) in [5.74, 6) is 0. The molecular formula is C12H11ClF3S+. The molecule has 0 aliphatic rings. The second kappa shape index (κ2) is 4.50. The van der Waals surface area contributed by atoms with Gasteiger partial charge >= 0.3 is 5.51 Å². The lowest BCUT2D eigenvalue weighted by atomic mass is 10.2. The molecule has 0 spiro atoms. The van der Waals surface area contributed by atoms with Crippen LogP contribution in [0.5, 0.6) is 0 Å². The predicted molar refractivity (Wildman–Crippen MR) is 66.7 cm³/mol. The van der Waals surface area contributed by atoms with Crippen LogP contribution in [0.25, 0.3) is 10.1 Å². The zero-order valence-corrected chi connectivity index (χ0v) is 10.7. The molecule has 1 unspecified atom stereocenters. The Morgan fingerprint density at radius 2 is 1.94 bits per heavy atom. The first-order valence-electron chi connectivity index (χ1n) is 5.24. The highest BCUT2D eigenvalue weighted by Gasteiger charge is 2.47. The average molecular weight is 280 g/mol. The molecule has 0 radical (unpaired) electrons. The number of halogens is 4. The first-order chi connectivity index (χ1) is 7.93. The fourth-order valence-electron chi connectivity index (χ4n) is 1.87. The molecule has 0 nitrogen and oxygen atoms in total. The SMILES string of the molecule is CCCc1cc2ccc(Cl)cc2[s+]1C(F)(F)F. The summed E-state index contributed by atoms with van der Waals surface area (Å²) in [5.41, 5.74) is -4.21. The van der Waals surface area contributed by atoms with Gasteiger partial charge in [0.1, 0.15) is 0 Å². The van der Waals surface area contributed by atoms with Gasteiger partial charge in [0.05, 0.1) is 10.5 Å². The lowest BCUT2D eigenvalue weighted by Gasteiger charge is -1.99. The minimum atomic E-state index is -4.21. The smallest absolute Gasteiger partial charge is 0.118 e. The fourth-order valence-corrected chi connectivity index (χ4v) is 4.20. The van der Waals surface area contributed by atoms with Crippen LogP contribution in [-0.2, 0) is 11.9 Å². The maximum Gasteiger partial charge on any atom is 0.600 e. The van der Waals surface area contributed by atoms with Crippen molar-refractivity contribution < 1.29 is 13.2 Å². The number of aryl methyl sites for hydroxylation is 1. The maximum absolute atomic E-state index is 13.1. The van der Waals surface area contributed by atoms with Crippen molar-refractivity contribution in [1.82, 2.24) is 0 Å². The van der Waals surface area contributed by atoms with E-state index in [1.807, 2.05) is 6.92 Å². The van der Waals surface area contributed by atoms with Gasteiger partial charge in [0.15, 0.2) is 9.58 Å². The van der Waals surface area contributed by atoms with Gasteiger partial charge in [-0.25, -0.2) is 0 Å². The Morgan fingerprint density at radius 3 is 2.53 bits per heavy atom. The molecule has 0 aliphatic carbocycles. The summed E-state index contributed by atoms with van der Waals surface area (Å²) in [6.45, 7) is 1.88. The number of benzene rings is 1. The summed E-state index contributed by atoms with van der Waals surface area (Å²) in [6.07, 6.45) is 1.20. The molecule has 1 atom stereocenters. The molecule has 0 aliphatic heterocycles. The van der Waals surface area contributed by atoms with E-state index in [9.17, 15) is 13.2 Å². The number of rotatable bonds is 2. The van der Waals surface area contributed by atoms with Crippen LogP contribution in [0.1, 0.15) is 18.2 Å². The van der Waals surface area contributed by atoms with Crippen LogP contribution in [0.2, 0.25) is 5.02 Å². The van der Waals surface area contributed by atoms with Gasteiger partial charge in [-0.2, -0.15) is 0 Å². The molecule has 0 saturated carbocycles. The lowest BCUT2D eigenvalue weighted by Crippen LogP contribution is -1.98. The van der Waals surface area contributed by atoms with E-state index >= 15 is 0 Å². The van der Waals surface area contributed by atoms with Gasteiger partial charge in [0.2, 0.25) is 0 Å². The topological polar surface area (TPSA) is 0 Å². The number of hydrogen-bond acceptors (Lipinski definition) is 0. The van der Waals surface area contributed by atoms with Crippen LogP contribution in [0.4, 0.5) is 13.2 Å². The number of fused-ring (bicyclic) bond motifs is 1. The molecule has 5 heteroatoms. The van der Waals surface area contributed by atoms with E-state index in [2.05, 4.69) is 0 Å². The standard InChI is InChI=1S/C12H11ClF3S/c1-2-3-10-6-8-4-5-9(13)7-11(8)17(10)12(14,15)16/h4-7H,2-3H2,1H3/q+1. The zero-order chi connectivity index (χ0) is 12.6. The van der Waals surface area contributed by atoms with Crippen LogP contribution < -0.4 is 0 Å². The van der Waals surface area contributed by atoms with E-state index in [1.165, 1.54) is 6.07 Å². The van der Waals surface area contributed by atoms with Gasteiger partial charge in [-0.15, -0.1) is 13.2 Å². The Kier molecular flexibility index (Phi) is 3.36. The highest BCUT2D eigenvalue weighted by molar-refractivity contribution is 7.38. The number of thiophene rings is 1. The second-order valence-electron chi connectivity index (χ2n) is 3.79. The summed E-state index contributed by atoms with van der Waals surface area (Å²) in [7, 11) is -1.79. The molecule has 1 aromatic carbocycles. The van der Waals surface area contributed by atoms with Crippen molar-refractivity contribution in [3.05, 3.63) is 34.2 Å². The van der Waals surface area contributed by atoms with Crippen molar-refractivity contribution in [2.45, 2.75) is 25.3 Å². The lowest BCUT2D eigenvalue weighted by molar-refractivity contribution is -0.0867. The summed E-state index contributed by atoms with van der Waals surface area (Å²) in [4.78, 5) is 0.470. The first-order valence-corrected chi connectivity index (χ1v) is 6.85. The first kappa shape index (κ1) is 12.7. The van der Waals surface area contributed by atoms with Gasteiger partial charge in [0.25, 0.3) is 0 Å². The van der Waals surface area contributed by atoms with Gasteiger partial charge < -0.3 is 0 Å². The fraction of sp³-hybridized carbons (Fsp3) is 0.333. The quantitative estimate of drug-likeness (QED) is 0.621. The Balaban J connectivity index is 2.73. The molecule has 92 valence electrons. The predicted octanol–water partition coefficient (Wildman–Crippen LogP) is 5.67. The third-order valence-electron chi connectivity index (χ3n) is 2.50. The maximum atomic E-state index is 13.1. The summed E-state index contributed by atoms with van der Waals surface area (Å²) in [5, 5.41) is 1.01. The van der Waals surface area contributed by atoms with Crippen molar-refractivity contribution in [2.24, 2.45) is 0 Å². The van der Waals surface area contributed by atoms with Crippen molar-refractivity contribution in [2.75, 3.05) is 0 Å². The minimum absolute atomic E-state index is 0.313. The molecule has 0 fully saturated rings. The van der Waals surface area contributed by atoms with Gasteiger partial charge in [-0.05, 0) is 18.6 Å². The van der Waals surface area contributed by atoms with Gasteiger partial charge in [-0.3, -0.25) is 0 Å². The van der Waals surface area contributed by atoms with Crippen LogP contribution >= 0.6 is 22.1 Å². The molecule has 17 heavy (non-hydrogen) atoms. The summed E-state index contributed by atoms with van der Waals surface area (Å²) < 4.78 is 39.5. The van der Waals surface area contributed by atoms with E-state index in [4.69, 9.17) is 11.6 Å². The third kappa shape index (κ3) is 2.43. The van der Waals surface area contributed by atoms with Gasteiger partial charge in [0, 0.05) is 29.0 Å². The molecule has 0 amide bonds. The highest BCUT2D eigenvalue weighted by atomic mass is 35.5. The van der Waals surface area contributed by atoms with Crippen LogP contribution in [-0.4, -0.2) is 0 Å². The van der Waals surface area contributed by atoms with Crippen molar-refractivity contribution in [3.63, 3.8) is 0 Å². The monoisotopic (exact) mass is 279 g/mol. The molecule has 0 N–H and O–H groups in total. The molecule has 0 bridgehead atoms. The summed E-state index contributed by atoms with van der Waals surface area (Å²) in [6, 6.07) is 6.38. The molecule has 0 saturated heterocycles. The Morgan fingerprint density at radius 1 is 1.24 bits per heavy atom. The third-order valence-corrected chi connectivity index (χ3v) is 4.84. The van der Waals surface area contributed by atoms with Crippen molar-refractivity contribution in [1.29, 1.82) is 0 Å². The van der Waals surface area contributed by atoms with Crippen LogP contribution in [0.15, 0.2) is 24.3 Å². The van der Waals surface area contributed by atoms with Crippen LogP contribution in [0, 0.1) is 0 Å². The normalized spacial score (nSPS) is 13.4. The molecule has 2 rings (SSSR count). The Hall–Kier alpha value is -0.740. The Labute approximate surface area is 105 Å². The molecular weight excluding hydrogens is 269 g/mol. The van der Waals surface area contributed by atoms with Crippen molar-refractivity contribution in [3.8, 4) is 0 Å². The van der Waals surface area contributed by atoms with E-state index in [0.717, 1.165) is 0 Å².